The summed E-state index contributed by atoms with van der Waals surface area (Å²) in [5.41, 5.74) is 0.160. The Kier molecular flexibility index (Phi) is 6.86. The Bertz CT molecular complexity index is 1110. The van der Waals surface area contributed by atoms with Gasteiger partial charge in [0.25, 0.3) is 0 Å². The SMILES string of the molecule is Cc1ccc(S(=O)(=O)N2CCC[C@H]2C(=O)NC2CCN(c3ccc(C(F)(F)F)cn3)CC2)cc1. The zero-order valence-electron chi connectivity index (χ0n) is 18.8. The number of sulfonamides is 1. The maximum absolute atomic E-state index is 13.1. The first kappa shape index (κ1) is 24.5. The Hall–Kier alpha value is -2.66. The molecule has 0 radical (unpaired) electrons. The van der Waals surface area contributed by atoms with Crippen molar-refractivity contribution in [2.45, 2.75) is 55.8 Å². The normalized spacial score (nSPS) is 20.5. The number of amides is 1. The molecule has 0 bridgehead atoms. The van der Waals surface area contributed by atoms with Gasteiger partial charge in [-0.3, -0.25) is 4.79 Å². The molecule has 2 aliphatic heterocycles. The van der Waals surface area contributed by atoms with E-state index in [4.69, 9.17) is 0 Å². The minimum atomic E-state index is -4.43. The lowest BCUT2D eigenvalue weighted by Crippen LogP contribution is -2.51. The van der Waals surface area contributed by atoms with Gasteiger partial charge in [0.05, 0.1) is 10.5 Å². The van der Waals surface area contributed by atoms with E-state index >= 15 is 0 Å². The van der Waals surface area contributed by atoms with Gasteiger partial charge < -0.3 is 10.2 Å². The fraction of sp³-hybridized carbons (Fsp3) is 0.478. The van der Waals surface area contributed by atoms with Gasteiger partial charge in [-0.15, -0.1) is 0 Å². The zero-order chi connectivity index (χ0) is 24.5. The van der Waals surface area contributed by atoms with E-state index < -0.39 is 27.8 Å². The summed E-state index contributed by atoms with van der Waals surface area (Å²) in [7, 11) is -3.77. The van der Waals surface area contributed by atoms with Crippen LogP contribution < -0.4 is 10.2 Å². The van der Waals surface area contributed by atoms with Crippen LogP contribution in [-0.2, 0) is 21.0 Å². The number of benzene rings is 1. The van der Waals surface area contributed by atoms with Crippen LogP contribution in [0.4, 0.5) is 19.0 Å². The lowest BCUT2D eigenvalue weighted by atomic mass is 10.0. The van der Waals surface area contributed by atoms with E-state index in [-0.39, 0.29) is 16.8 Å². The smallest absolute Gasteiger partial charge is 0.356 e. The first-order valence-electron chi connectivity index (χ1n) is 11.2. The number of aromatic nitrogens is 1. The second kappa shape index (κ2) is 9.53. The first-order valence-corrected chi connectivity index (χ1v) is 12.7. The number of hydrogen-bond donors (Lipinski definition) is 1. The summed E-state index contributed by atoms with van der Waals surface area (Å²) in [6.45, 7) is 3.23. The number of aryl methyl sites for hydroxylation is 1. The number of halogens is 3. The van der Waals surface area contributed by atoms with E-state index in [9.17, 15) is 26.4 Å². The van der Waals surface area contributed by atoms with Crippen LogP contribution in [0.1, 0.15) is 36.8 Å². The molecule has 1 aromatic heterocycles. The Balaban J connectivity index is 1.35. The molecule has 1 aromatic carbocycles. The highest BCUT2D eigenvalue weighted by atomic mass is 32.2. The van der Waals surface area contributed by atoms with Crippen molar-refractivity contribution >= 4 is 21.7 Å². The summed E-state index contributed by atoms with van der Waals surface area (Å²) in [6, 6.07) is 8.07. The lowest BCUT2D eigenvalue weighted by molar-refractivity contribution is -0.137. The molecule has 184 valence electrons. The van der Waals surface area contributed by atoms with Crippen LogP contribution >= 0.6 is 0 Å². The molecule has 7 nitrogen and oxygen atoms in total. The maximum atomic E-state index is 13.1. The van der Waals surface area contributed by atoms with Crippen molar-refractivity contribution in [1.82, 2.24) is 14.6 Å². The molecule has 0 unspecified atom stereocenters. The largest absolute Gasteiger partial charge is 0.417 e. The van der Waals surface area contributed by atoms with Gasteiger partial charge in [-0.2, -0.15) is 17.5 Å². The highest BCUT2D eigenvalue weighted by Crippen LogP contribution is 2.30. The van der Waals surface area contributed by atoms with Gasteiger partial charge in [-0.25, -0.2) is 13.4 Å². The van der Waals surface area contributed by atoms with E-state index in [0.29, 0.717) is 51.1 Å². The Morgan fingerprint density at radius 1 is 1.03 bits per heavy atom. The number of nitrogens with one attached hydrogen (secondary N) is 1. The summed E-state index contributed by atoms with van der Waals surface area (Å²) in [6.07, 6.45) is -1.35. The predicted molar refractivity (Wildman–Crippen MR) is 121 cm³/mol. The van der Waals surface area contributed by atoms with Gasteiger partial charge in [-0.1, -0.05) is 17.7 Å². The van der Waals surface area contributed by atoms with E-state index in [1.165, 1.54) is 10.4 Å². The number of nitrogens with zero attached hydrogens (tertiary/aromatic N) is 3. The standard InChI is InChI=1S/C23H27F3N4O3S/c1-16-4-7-19(8-5-16)34(32,33)30-12-2-3-20(30)22(31)28-18-10-13-29(14-11-18)21-9-6-17(15-27-21)23(24,25)26/h4-9,15,18,20H,2-3,10-14H2,1H3,(H,28,31)/t20-/m0/s1. The molecular formula is C23H27F3N4O3S. The van der Waals surface area contributed by atoms with Crippen LogP contribution in [0.2, 0.25) is 0 Å². The molecule has 0 spiro atoms. The highest BCUT2D eigenvalue weighted by Gasteiger charge is 2.40. The topological polar surface area (TPSA) is 82.6 Å². The minimum absolute atomic E-state index is 0.136. The number of alkyl halides is 3. The van der Waals surface area contributed by atoms with Crippen molar-refractivity contribution in [1.29, 1.82) is 0 Å². The molecule has 0 aliphatic carbocycles. The fourth-order valence-corrected chi connectivity index (χ4v) is 6.08. The zero-order valence-corrected chi connectivity index (χ0v) is 19.6. The molecule has 1 atom stereocenters. The van der Waals surface area contributed by atoms with Gasteiger partial charge in [0.1, 0.15) is 11.9 Å². The van der Waals surface area contributed by atoms with E-state index in [2.05, 4.69) is 10.3 Å². The molecule has 4 rings (SSSR count). The second-order valence-electron chi connectivity index (χ2n) is 8.76. The number of anilines is 1. The molecule has 2 fully saturated rings. The summed E-state index contributed by atoms with van der Waals surface area (Å²) in [5, 5.41) is 2.98. The van der Waals surface area contributed by atoms with Crippen LogP contribution in [0.3, 0.4) is 0 Å². The molecule has 1 N–H and O–H groups in total. The van der Waals surface area contributed by atoms with Crippen LogP contribution in [0, 0.1) is 6.92 Å². The number of carbonyl (C=O) groups excluding carboxylic acids is 1. The second-order valence-corrected chi connectivity index (χ2v) is 10.7. The highest BCUT2D eigenvalue weighted by molar-refractivity contribution is 7.89. The summed E-state index contributed by atoms with van der Waals surface area (Å²) in [4.78, 5) is 19.0. The van der Waals surface area contributed by atoms with Crippen molar-refractivity contribution in [3.8, 4) is 0 Å². The average Bonchev–Trinajstić information content (AvgIpc) is 3.31. The van der Waals surface area contributed by atoms with Crippen molar-refractivity contribution in [3.63, 3.8) is 0 Å². The molecular weight excluding hydrogens is 469 g/mol. The van der Waals surface area contributed by atoms with Crippen molar-refractivity contribution in [3.05, 3.63) is 53.7 Å². The third-order valence-electron chi connectivity index (χ3n) is 6.37. The third-order valence-corrected chi connectivity index (χ3v) is 8.30. The van der Waals surface area contributed by atoms with Crippen LogP contribution in [0.15, 0.2) is 47.5 Å². The Labute approximate surface area is 197 Å². The van der Waals surface area contributed by atoms with E-state index in [1.54, 1.807) is 24.3 Å². The predicted octanol–water partition coefficient (Wildman–Crippen LogP) is 3.35. The van der Waals surface area contributed by atoms with Gasteiger partial charge in [0.15, 0.2) is 0 Å². The number of pyridine rings is 1. The number of rotatable bonds is 5. The number of piperidine rings is 1. The quantitative estimate of drug-likeness (QED) is 0.687. The molecule has 0 saturated carbocycles. The molecule has 3 heterocycles. The lowest BCUT2D eigenvalue weighted by Gasteiger charge is -2.34. The van der Waals surface area contributed by atoms with Crippen LogP contribution in [0.25, 0.3) is 0 Å². The Morgan fingerprint density at radius 3 is 2.29 bits per heavy atom. The van der Waals surface area contributed by atoms with E-state index in [1.807, 2.05) is 11.8 Å². The summed E-state index contributed by atoms with van der Waals surface area (Å²) in [5.74, 6) is 0.156. The van der Waals surface area contributed by atoms with Gasteiger partial charge >= 0.3 is 6.18 Å². The van der Waals surface area contributed by atoms with Gasteiger partial charge in [0, 0.05) is 31.9 Å². The van der Waals surface area contributed by atoms with Crippen LogP contribution in [0.5, 0.6) is 0 Å². The molecule has 2 saturated heterocycles. The molecule has 2 aromatic rings. The van der Waals surface area contributed by atoms with Crippen molar-refractivity contribution < 1.29 is 26.4 Å². The third kappa shape index (κ3) is 5.20. The van der Waals surface area contributed by atoms with E-state index in [0.717, 1.165) is 17.8 Å². The van der Waals surface area contributed by atoms with Gasteiger partial charge in [0.2, 0.25) is 15.9 Å². The monoisotopic (exact) mass is 496 g/mol. The molecule has 34 heavy (non-hydrogen) atoms. The summed E-state index contributed by atoms with van der Waals surface area (Å²) < 4.78 is 65.7. The number of hydrogen-bond acceptors (Lipinski definition) is 5. The van der Waals surface area contributed by atoms with Gasteiger partial charge in [-0.05, 0) is 56.9 Å². The first-order chi connectivity index (χ1) is 16.1. The fourth-order valence-electron chi connectivity index (χ4n) is 4.43. The minimum Gasteiger partial charge on any atom is -0.356 e. The molecule has 11 heteroatoms. The molecule has 2 aliphatic rings. The Morgan fingerprint density at radius 2 is 1.71 bits per heavy atom. The summed E-state index contributed by atoms with van der Waals surface area (Å²) >= 11 is 0. The van der Waals surface area contributed by atoms with Crippen LogP contribution in [-0.4, -0.2) is 55.3 Å². The maximum Gasteiger partial charge on any atom is 0.417 e. The average molecular weight is 497 g/mol. The number of carbonyl (C=O) groups is 1. The van der Waals surface area contributed by atoms with Crippen molar-refractivity contribution in [2.75, 3.05) is 24.5 Å². The van der Waals surface area contributed by atoms with Crippen molar-refractivity contribution in [2.24, 2.45) is 0 Å². The molecule has 1 amide bonds.